The summed E-state index contributed by atoms with van der Waals surface area (Å²) < 4.78 is 0. The second-order valence-corrected chi connectivity index (χ2v) is 7.95. The van der Waals surface area contributed by atoms with Crippen LogP contribution in [0.1, 0.15) is 39.2 Å². The molecule has 5 nitrogen and oxygen atoms in total. The Kier molecular flexibility index (Phi) is 9.64. The number of aliphatic hydroxyl groups excluding tert-OH is 1. The lowest BCUT2D eigenvalue weighted by atomic mass is 9.94. The topological polar surface area (TPSA) is 51.1 Å². The minimum Gasteiger partial charge on any atom is -0.396 e. The number of guanidine groups is 1. The molecule has 1 heterocycles. The molecule has 1 fully saturated rings. The number of benzene rings is 1. The van der Waals surface area contributed by atoms with E-state index >= 15 is 0 Å². The Balaban J connectivity index is 1.88. The Morgan fingerprint density at radius 1 is 1.15 bits per heavy atom. The van der Waals surface area contributed by atoms with Crippen molar-refractivity contribution in [2.24, 2.45) is 16.8 Å². The molecule has 1 atom stereocenters. The maximum atomic E-state index is 9.34. The number of hydrogen-bond acceptors (Lipinski definition) is 3. The molecule has 2 N–H and O–H groups in total. The molecule has 1 aliphatic heterocycles. The Bertz CT molecular complexity index is 539. The number of nitrogens with one attached hydrogen (secondary N) is 1. The van der Waals surface area contributed by atoms with Crippen molar-refractivity contribution in [2.45, 2.75) is 40.2 Å². The summed E-state index contributed by atoms with van der Waals surface area (Å²) in [5.74, 6) is 2.13. The second-order valence-electron chi connectivity index (χ2n) is 7.95. The molecule has 0 spiro atoms. The zero-order valence-electron chi connectivity index (χ0n) is 17.4. The second kappa shape index (κ2) is 12.0. The predicted octanol–water partition coefficient (Wildman–Crippen LogP) is 2.81. The highest BCUT2D eigenvalue weighted by Crippen LogP contribution is 2.16. The van der Waals surface area contributed by atoms with Crippen molar-refractivity contribution in [3.63, 3.8) is 0 Å². The molecule has 0 aromatic heterocycles. The van der Waals surface area contributed by atoms with Crippen LogP contribution in [0.5, 0.6) is 0 Å². The molecule has 0 radical (unpaired) electrons. The van der Waals surface area contributed by atoms with Gasteiger partial charge in [0.05, 0.1) is 0 Å². The van der Waals surface area contributed by atoms with Crippen LogP contribution in [0.2, 0.25) is 0 Å². The molecule has 1 aliphatic rings. The first-order valence-electron chi connectivity index (χ1n) is 10.5. The van der Waals surface area contributed by atoms with Crippen LogP contribution in [-0.2, 0) is 6.54 Å². The first-order chi connectivity index (χ1) is 13.1. The van der Waals surface area contributed by atoms with E-state index in [0.717, 1.165) is 64.6 Å². The minimum absolute atomic E-state index is 0.252. The monoisotopic (exact) mass is 374 g/mol. The Hall–Kier alpha value is -1.59. The molecule has 2 rings (SSSR count). The summed E-state index contributed by atoms with van der Waals surface area (Å²) in [6, 6.07) is 10.7. The van der Waals surface area contributed by atoms with Crippen LogP contribution in [-0.4, -0.2) is 66.7 Å². The van der Waals surface area contributed by atoms with Gasteiger partial charge >= 0.3 is 0 Å². The predicted molar refractivity (Wildman–Crippen MR) is 114 cm³/mol. The van der Waals surface area contributed by atoms with Crippen LogP contribution in [0.3, 0.4) is 0 Å². The van der Waals surface area contributed by atoms with Crippen LogP contribution >= 0.6 is 0 Å². The fourth-order valence-corrected chi connectivity index (χ4v) is 3.73. The van der Waals surface area contributed by atoms with Gasteiger partial charge in [-0.15, -0.1) is 0 Å². The van der Waals surface area contributed by atoms with E-state index in [1.54, 1.807) is 0 Å². The summed E-state index contributed by atoms with van der Waals surface area (Å²) in [6.45, 7) is 13.7. The fourth-order valence-electron chi connectivity index (χ4n) is 3.73. The van der Waals surface area contributed by atoms with Gasteiger partial charge in [-0.3, -0.25) is 9.89 Å². The van der Waals surface area contributed by atoms with E-state index in [1.807, 2.05) is 0 Å². The Labute approximate surface area is 165 Å². The van der Waals surface area contributed by atoms with Crippen molar-refractivity contribution >= 4 is 5.96 Å². The van der Waals surface area contributed by atoms with Crippen molar-refractivity contribution in [3.8, 4) is 0 Å². The van der Waals surface area contributed by atoms with Gasteiger partial charge in [0, 0.05) is 52.4 Å². The SMILES string of the molecule is CCNC(=NCC(CCO)CC(C)C)N1CCN(Cc2ccccc2)CC1. The standard InChI is InChI=1S/C22H38N4O/c1-4-23-22(24-17-21(10-15-27)16-19(2)3)26-13-11-25(12-14-26)18-20-8-6-5-7-9-20/h5-9,19,21,27H,4,10-18H2,1-3H3,(H,23,24). The number of aliphatic imine (C=N–C) groups is 1. The highest BCUT2D eigenvalue weighted by Gasteiger charge is 2.20. The highest BCUT2D eigenvalue weighted by atomic mass is 16.3. The molecule has 0 saturated carbocycles. The van der Waals surface area contributed by atoms with Gasteiger partial charge in [0.15, 0.2) is 5.96 Å². The highest BCUT2D eigenvalue weighted by molar-refractivity contribution is 5.80. The quantitative estimate of drug-likeness (QED) is 0.515. The Morgan fingerprint density at radius 2 is 1.85 bits per heavy atom. The van der Waals surface area contributed by atoms with Crippen LogP contribution in [0, 0.1) is 11.8 Å². The van der Waals surface area contributed by atoms with E-state index in [0.29, 0.717) is 11.8 Å². The molecular weight excluding hydrogens is 336 g/mol. The largest absolute Gasteiger partial charge is 0.396 e. The molecule has 0 amide bonds. The van der Waals surface area contributed by atoms with Gasteiger partial charge in [-0.25, -0.2) is 0 Å². The van der Waals surface area contributed by atoms with E-state index < -0.39 is 0 Å². The average molecular weight is 375 g/mol. The summed E-state index contributed by atoms with van der Waals surface area (Å²) >= 11 is 0. The molecule has 5 heteroatoms. The molecular formula is C22H38N4O. The zero-order chi connectivity index (χ0) is 19.5. The van der Waals surface area contributed by atoms with E-state index in [1.165, 1.54) is 5.56 Å². The third kappa shape index (κ3) is 7.89. The van der Waals surface area contributed by atoms with Crippen LogP contribution < -0.4 is 5.32 Å². The van der Waals surface area contributed by atoms with E-state index in [4.69, 9.17) is 4.99 Å². The molecule has 1 saturated heterocycles. The summed E-state index contributed by atoms with van der Waals surface area (Å²) in [4.78, 5) is 9.82. The first kappa shape index (κ1) is 21.7. The van der Waals surface area contributed by atoms with Crippen LogP contribution in [0.25, 0.3) is 0 Å². The van der Waals surface area contributed by atoms with Gasteiger partial charge in [-0.1, -0.05) is 44.2 Å². The fraction of sp³-hybridized carbons (Fsp3) is 0.682. The van der Waals surface area contributed by atoms with Crippen molar-refractivity contribution in [3.05, 3.63) is 35.9 Å². The maximum Gasteiger partial charge on any atom is 0.194 e. The van der Waals surface area contributed by atoms with Crippen molar-refractivity contribution in [1.29, 1.82) is 0 Å². The Morgan fingerprint density at radius 3 is 2.44 bits per heavy atom. The number of aliphatic hydroxyl groups is 1. The third-order valence-corrected chi connectivity index (χ3v) is 5.10. The molecule has 1 unspecified atom stereocenters. The molecule has 0 aliphatic carbocycles. The van der Waals surface area contributed by atoms with Gasteiger partial charge in [0.25, 0.3) is 0 Å². The smallest absolute Gasteiger partial charge is 0.194 e. The average Bonchev–Trinajstić information content (AvgIpc) is 2.66. The maximum absolute atomic E-state index is 9.34. The normalized spacial score (nSPS) is 17.4. The lowest BCUT2D eigenvalue weighted by Crippen LogP contribution is -2.52. The summed E-state index contributed by atoms with van der Waals surface area (Å²) in [5.41, 5.74) is 1.38. The molecule has 27 heavy (non-hydrogen) atoms. The number of piperazine rings is 1. The third-order valence-electron chi connectivity index (χ3n) is 5.10. The van der Waals surface area contributed by atoms with Gasteiger partial charge in [0.2, 0.25) is 0 Å². The number of rotatable bonds is 9. The first-order valence-corrected chi connectivity index (χ1v) is 10.5. The van der Waals surface area contributed by atoms with Crippen molar-refractivity contribution < 1.29 is 5.11 Å². The van der Waals surface area contributed by atoms with Crippen molar-refractivity contribution in [1.82, 2.24) is 15.1 Å². The van der Waals surface area contributed by atoms with E-state index in [9.17, 15) is 5.11 Å². The van der Waals surface area contributed by atoms with Gasteiger partial charge < -0.3 is 15.3 Å². The lowest BCUT2D eigenvalue weighted by molar-refractivity contribution is 0.172. The zero-order valence-corrected chi connectivity index (χ0v) is 17.4. The van der Waals surface area contributed by atoms with Crippen LogP contribution in [0.15, 0.2) is 35.3 Å². The molecule has 0 bridgehead atoms. The summed E-state index contributed by atoms with van der Waals surface area (Å²) in [7, 11) is 0. The van der Waals surface area contributed by atoms with Gasteiger partial charge in [0.1, 0.15) is 0 Å². The molecule has 1 aromatic rings. The van der Waals surface area contributed by atoms with Crippen LogP contribution in [0.4, 0.5) is 0 Å². The van der Waals surface area contributed by atoms with Gasteiger partial charge in [-0.2, -0.15) is 0 Å². The molecule has 152 valence electrons. The van der Waals surface area contributed by atoms with E-state index in [2.05, 4.69) is 66.2 Å². The van der Waals surface area contributed by atoms with Gasteiger partial charge in [-0.05, 0) is 37.2 Å². The summed E-state index contributed by atoms with van der Waals surface area (Å²) in [5, 5.41) is 12.8. The number of hydrogen-bond donors (Lipinski definition) is 2. The van der Waals surface area contributed by atoms with E-state index in [-0.39, 0.29) is 6.61 Å². The minimum atomic E-state index is 0.252. The van der Waals surface area contributed by atoms with Crippen molar-refractivity contribution in [2.75, 3.05) is 45.9 Å². The summed E-state index contributed by atoms with van der Waals surface area (Å²) in [6.07, 6.45) is 1.96. The number of nitrogens with zero attached hydrogens (tertiary/aromatic N) is 3. The lowest BCUT2D eigenvalue weighted by Gasteiger charge is -2.36. The molecule has 1 aromatic carbocycles.